The third-order valence-electron chi connectivity index (χ3n) is 2.85. The van der Waals surface area contributed by atoms with Gasteiger partial charge in [0.05, 0.1) is 19.3 Å². The highest BCUT2D eigenvalue weighted by Gasteiger charge is 2.30. The summed E-state index contributed by atoms with van der Waals surface area (Å²) in [5.41, 5.74) is 1.35. The molecule has 0 amide bonds. The van der Waals surface area contributed by atoms with Crippen molar-refractivity contribution in [1.29, 1.82) is 0 Å². The zero-order chi connectivity index (χ0) is 9.80. The van der Waals surface area contributed by atoms with Crippen LogP contribution in [-0.4, -0.2) is 24.4 Å². The van der Waals surface area contributed by atoms with Crippen LogP contribution in [-0.2, 0) is 11.2 Å². The molecule has 1 aliphatic heterocycles. The topological polar surface area (TPSA) is 29.5 Å². The Morgan fingerprint density at radius 3 is 2.64 bits per heavy atom. The van der Waals surface area contributed by atoms with Crippen LogP contribution >= 0.6 is 0 Å². The number of hydrogen-bond donors (Lipinski definition) is 1. The fraction of sp³-hybridized carbons (Fsp3) is 0.500. The lowest BCUT2D eigenvalue weighted by molar-refractivity contribution is -0.133. The standard InChI is InChI=1S/C12H16O2/c13-8-11-9-14-12(11)7-6-10-4-2-1-3-5-10/h1-5,11-13H,6-9H2/t11?,12-/m0/s1. The fourth-order valence-corrected chi connectivity index (χ4v) is 1.81. The molecule has 2 heteroatoms. The van der Waals surface area contributed by atoms with Crippen LogP contribution in [0.3, 0.4) is 0 Å². The molecule has 1 fully saturated rings. The molecule has 1 aromatic rings. The Hall–Kier alpha value is -0.860. The maximum absolute atomic E-state index is 8.97. The number of hydrogen-bond acceptors (Lipinski definition) is 2. The van der Waals surface area contributed by atoms with Crippen LogP contribution in [0.2, 0.25) is 0 Å². The van der Waals surface area contributed by atoms with Gasteiger partial charge >= 0.3 is 0 Å². The first kappa shape index (κ1) is 9.69. The van der Waals surface area contributed by atoms with Gasteiger partial charge < -0.3 is 9.84 Å². The van der Waals surface area contributed by atoms with Crippen LogP contribution in [0.15, 0.2) is 30.3 Å². The van der Waals surface area contributed by atoms with E-state index in [-0.39, 0.29) is 12.7 Å². The summed E-state index contributed by atoms with van der Waals surface area (Å²) < 4.78 is 5.40. The number of aliphatic hydroxyl groups excluding tert-OH is 1. The Morgan fingerprint density at radius 2 is 2.07 bits per heavy atom. The van der Waals surface area contributed by atoms with E-state index in [9.17, 15) is 0 Å². The van der Waals surface area contributed by atoms with E-state index in [1.54, 1.807) is 0 Å². The van der Waals surface area contributed by atoms with Gasteiger partial charge in [-0.25, -0.2) is 0 Å². The molecule has 0 bridgehead atoms. The van der Waals surface area contributed by atoms with E-state index in [0.29, 0.717) is 5.92 Å². The molecule has 2 nitrogen and oxygen atoms in total. The Balaban J connectivity index is 1.78. The number of aryl methyl sites for hydroxylation is 1. The third kappa shape index (κ3) is 2.14. The summed E-state index contributed by atoms with van der Waals surface area (Å²) in [6.45, 7) is 0.995. The molecule has 0 aliphatic carbocycles. The Kier molecular flexibility index (Phi) is 3.17. The van der Waals surface area contributed by atoms with E-state index in [1.807, 2.05) is 6.07 Å². The Labute approximate surface area is 84.5 Å². The highest BCUT2D eigenvalue weighted by Crippen LogP contribution is 2.24. The first-order valence-electron chi connectivity index (χ1n) is 5.16. The van der Waals surface area contributed by atoms with Gasteiger partial charge in [0.25, 0.3) is 0 Å². The van der Waals surface area contributed by atoms with Crippen molar-refractivity contribution in [2.24, 2.45) is 5.92 Å². The summed E-state index contributed by atoms with van der Waals surface area (Å²) in [5, 5.41) is 8.97. The maximum Gasteiger partial charge on any atom is 0.0650 e. The van der Waals surface area contributed by atoms with E-state index >= 15 is 0 Å². The Bertz CT molecular complexity index is 269. The van der Waals surface area contributed by atoms with Gasteiger partial charge in [0.15, 0.2) is 0 Å². The summed E-state index contributed by atoms with van der Waals surface area (Å²) in [4.78, 5) is 0. The molecular weight excluding hydrogens is 176 g/mol. The molecule has 2 atom stereocenters. The average Bonchev–Trinajstić information content (AvgIpc) is 2.19. The lowest BCUT2D eigenvalue weighted by Gasteiger charge is -2.35. The molecule has 1 unspecified atom stereocenters. The SMILES string of the molecule is OCC1CO[C@H]1CCc1ccccc1. The van der Waals surface area contributed by atoms with Crippen molar-refractivity contribution in [3.63, 3.8) is 0 Å². The molecule has 0 radical (unpaired) electrons. The molecule has 0 saturated carbocycles. The molecule has 76 valence electrons. The monoisotopic (exact) mass is 192 g/mol. The number of benzene rings is 1. The van der Waals surface area contributed by atoms with E-state index in [0.717, 1.165) is 19.4 Å². The van der Waals surface area contributed by atoms with E-state index in [2.05, 4.69) is 24.3 Å². The molecule has 1 aromatic carbocycles. The highest BCUT2D eigenvalue weighted by atomic mass is 16.5. The minimum Gasteiger partial charge on any atom is -0.396 e. The second-order valence-corrected chi connectivity index (χ2v) is 3.84. The summed E-state index contributed by atoms with van der Waals surface area (Å²) in [5.74, 6) is 0.374. The van der Waals surface area contributed by atoms with Gasteiger partial charge in [-0.2, -0.15) is 0 Å². The molecule has 0 aromatic heterocycles. The molecule has 1 aliphatic rings. The van der Waals surface area contributed by atoms with E-state index in [1.165, 1.54) is 5.56 Å². The Morgan fingerprint density at radius 1 is 1.29 bits per heavy atom. The lowest BCUT2D eigenvalue weighted by Crippen LogP contribution is -2.42. The summed E-state index contributed by atoms with van der Waals surface area (Å²) >= 11 is 0. The number of aliphatic hydroxyl groups is 1. The maximum atomic E-state index is 8.97. The first-order chi connectivity index (χ1) is 6.90. The van der Waals surface area contributed by atoms with Gasteiger partial charge in [0.1, 0.15) is 0 Å². The van der Waals surface area contributed by atoms with Crippen molar-refractivity contribution in [3.8, 4) is 0 Å². The summed E-state index contributed by atoms with van der Waals surface area (Å²) in [7, 11) is 0. The highest BCUT2D eigenvalue weighted by molar-refractivity contribution is 5.14. The third-order valence-corrected chi connectivity index (χ3v) is 2.85. The lowest BCUT2D eigenvalue weighted by atomic mass is 9.93. The van der Waals surface area contributed by atoms with Crippen LogP contribution in [0.5, 0.6) is 0 Å². The quantitative estimate of drug-likeness (QED) is 0.785. The van der Waals surface area contributed by atoms with Crippen molar-refractivity contribution in [1.82, 2.24) is 0 Å². The van der Waals surface area contributed by atoms with Crippen LogP contribution in [0.4, 0.5) is 0 Å². The summed E-state index contributed by atoms with van der Waals surface area (Å²) in [6.07, 6.45) is 2.34. The van der Waals surface area contributed by atoms with Crippen LogP contribution in [0, 0.1) is 5.92 Å². The molecular formula is C12H16O2. The van der Waals surface area contributed by atoms with Crippen molar-refractivity contribution >= 4 is 0 Å². The van der Waals surface area contributed by atoms with Crippen LogP contribution in [0.25, 0.3) is 0 Å². The van der Waals surface area contributed by atoms with Gasteiger partial charge in [-0.05, 0) is 18.4 Å². The zero-order valence-electron chi connectivity index (χ0n) is 8.23. The van der Waals surface area contributed by atoms with Crippen LogP contribution < -0.4 is 0 Å². The van der Waals surface area contributed by atoms with Crippen molar-refractivity contribution < 1.29 is 9.84 Å². The normalized spacial score (nSPS) is 25.8. The fourth-order valence-electron chi connectivity index (χ4n) is 1.81. The number of rotatable bonds is 4. The molecule has 2 rings (SSSR count). The van der Waals surface area contributed by atoms with Gasteiger partial charge in [0.2, 0.25) is 0 Å². The van der Waals surface area contributed by atoms with Gasteiger partial charge in [-0.15, -0.1) is 0 Å². The van der Waals surface area contributed by atoms with E-state index in [4.69, 9.17) is 9.84 Å². The zero-order valence-corrected chi connectivity index (χ0v) is 8.23. The van der Waals surface area contributed by atoms with Crippen molar-refractivity contribution in [2.75, 3.05) is 13.2 Å². The minimum absolute atomic E-state index is 0.263. The molecule has 1 heterocycles. The summed E-state index contributed by atoms with van der Waals surface area (Å²) in [6, 6.07) is 10.4. The second-order valence-electron chi connectivity index (χ2n) is 3.84. The molecule has 1 saturated heterocycles. The minimum atomic E-state index is 0.263. The smallest absolute Gasteiger partial charge is 0.0650 e. The predicted octanol–water partition coefficient (Wildman–Crippen LogP) is 1.63. The predicted molar refractivity (Wildman–Crippen MR) is 55.1 cm³/mol. The molecule has 14 heavy (non-hydrogen) atoms. The first-order valence-corrected chi connectivity index (χ1v) is 5.16. The second kappa shape index (κ2) is 4.58. The molecule has 0 spiro atoms. The van der Waals surface area contributed by atoms with Crippen LogP contribution in [0.1, 0.15) is 12.0 Å². The van der Waals surface area contributed by atoms with Gasteiger partial charge in [-0.3, -0.25) is 0 Å². The van der Waals surface area contributed by atoms with E-state index < -0.39 is 0 Å². The number of ether oxygens (including phenoxy) is 1. The molecule has 1 N–H and O–H groups in total. The average molecular weight is 192 g/mol. The largest absolute Gasteiger partial charge is 0.396 e. The van der Waals surface area contributed by atoms with Gasteiger partial charge in [-0.1, -0.05) is 30.3 Å². The van der Waals surface area contributed by atoms with Crippen molar-refractivity contribution in [3.05, 3.63) is 35.9 Å². The van der Waals surface area contributed by atoms with Crippen molar-refractivity contribution in [2.45, 2.75) is 18.9 Å². The van der Waals surface area contributed by atoms with Gasteiger partial charge in [0, 0.05) is 5.92 Å².